The molecule has 1 aliphatic carbocycles. The van der Waals surface area contributed by atoms with E-state index in [1.54, 1.807) is 0 Å². The summed E-state index contributed by atoms with van der Waals surface area (Å²) >= 11 is 0. The van der Waals surface area contributed by atoms with Gasteiger partial charge in [0.15, 0.2) is 0 Å². The lowest BCUT2D eigenvalue weighted by molar-refractivity contribution is -0.122. The van der Waals surface area contributed by atoms with Crippen molar-refractivity contribution in [2.45, 2.75) is 26.8 Å². The van der Waals surface area contributed by atoms with Crippen LogP contribution in [0.15, 0.2) is 28.3 Å². The van der Waals surface area contributed by atoms with Crippen molar-refractivity contribution in [1.82, 2.24) is 5.32 Å². The quantitative estimate of drug-likeness (QED) is 0.616. The molecule has 0 aromatic carbocycles. The Balaban J connectivity index is 2.40. The summed E-state index contributed by atoms with van der Waals surface area (Å²) in [6.07, 6.45) is 4.08. The minimum absolute atomic E-state index is 0.00690. The molecule has 2 atom stereocenters. The van der Waals surface area contributed by atoms with Gasteiger partial charge in [0.2, 0.25) is 5.91 Å². The SMILES string of the molecule is CC1=CC2N=C(C)NC(=O)C2C=C1C. The van der Waals surface area contributed by atoms with Gasteiger partial charge in [-0.1, -0.05) is 23.3 Å². The average Bonchev–Trinajstić information content (AvgIpc) is 2.08. The maximum Gasteiger partial charge on any atom is 0.234 e. The van der Waals surface area contributed by atoms with Gasteiger partial charge < -0.3 is 5.32 Å². The largest absolute Gasteiger partial charge is 0.314 e. The number of allylic oxidation sites excluding steroid dienone is 2. The minimum atomic E-state index is -0.109. The Morgan fingerprint density at radius 1 is 1.21 bits per heavy atom. The predicted molar refractivity (Wildman–Crippen MR) is 56.0 cm³/mol. The van der Waals surface area contributed by atoms with E-state index >= 15 is 0 Å². The zero-order valence-corrected chi connectivity index (χ0v) is 8.66. The maximum absolute atomic E-state index is 11.6. The second-order valence-electron chi connectivity index (χ2n) is 3.92. The summed E-state index contributed by atoms with van der Waals surface area (Å²) in [6.45, 7) is 5.91. The molecule has 3 heteroatoms. The Morgan fingerprint density at radius 2 is 1.86 bits per heavy atom. The first-order valence-electron chi connectivity index (χ1n) is 4.80. The van der Waals surface area contributed by atoms with Gasteiger partial charge in [-0.15, -0.1) is 0 Å². The molecular formula is C11H14N2O. The standard InChI is InChI=1S/C11H14N2O/c1-6-4-9-10(5-7(6)2)12-8(3)13-11(9)14/h4-5,9-10H,1-3H3,(H,12,13,14). The summed E-state index contributed by atoms with van der Waals surface area (Å²) in [6, 6.07) is 0.00690. The Kier molecular flexibility index (Phi) is 2.02. The summed E-state index contributed by atoms with van der Waals surface area (Å²) in [4.78, 5) is 16.0. The van der Waals surface area contributed by atoms with Crippen LogP contribution in [0.3, 0.4) is 0 Å². The van der Waals surface area contributed by atoms with Crippen molar-refractivity contribution >= 4 is 11.7 Å². The van der Waals surface area contributed by atoms with Gasteiger partial charge in [-0.05, 0) is 20.8 Å². The second-order valence-corrected chi connectivity index (χ2v) is 3.92. The van der Waals surface area contributed by atoms with E-state index in [1.807, 2.05) is 19.9 Å². The van der Waals surface area contributed by atoms with Crippen LogP contribution in [-0.2, 0) is 4.79 Å². The van der Waals surface area contributed by atoms with Crippen molar-refractivity contribution in [1.29, 1.82) is 0 Å². The first-order chi connectivity index (χ1) is 6.58. The molecular weight excluding hydrogens is 176 g/mol. The molecule has 0 aromatic heterocycles. The van der Waals surface area contributed by atoms with Crippen molar-refractivity contribution in [3.05, 3.63) is 23.3 Å². The summed E-state index contributed by atoms with van der Waals surface area (Å²) in [7, 11) is 0. The summed E-state index contributed by atoms with van der Waals surface area (Å²) in [5, 5.41) is 2.75. The number of hydrogen-bond donors (Lipinski definition) is 1. The fourth-order valence-corrected chi connectivity index (χ4v) is 1.86. The Hall–Kier alpha value is -1.38. The Bertz CT molecular complexity index is 377. The van der Waals surface area contributed by atoms with Gasteiger partial charge in [0, 0.05) is 0 Å². The molecule has 1 aliphatic heterocycles. The van der Waals surface area contributed by atoms with Gasteiger partial charge in [0.05, 0.1) is 12.0 Å². The van der Waals surface area contributed by atoms with Crippen LogP contribution in [0.25, 0.3) is 0 Å². The molecule has 0 bridgehead atoms. The molecule has 14 heavy (non-hydrogen) atoms. The van der Waals surface area contributed by atoms with Crippen LogP contribution in [0.4, 0.5) is 0 Å². The van der Waals surface area contributed by atoms with E-state index in [1.165, 1.54) is 11.1 Å². The van der Waals surface area contributed by atoms with E-state index in [9.17, 15) is 4.79 Å². The fraction of sp³-hybridized carbons (Fsp3) is 0.455. The molecule has 0 saturated carbocycles. The van der Waals surface area contributed by atoms with Crippen LogP contribution in [-0.4, -0.2) is 17.8 Å². The zero-order chi connectivity index (χ0) is 10.3. The van der Waals surface area contributed by atoms with E-state index in [0.29, 0.717) is 5.84 Å². The third-order valence-electron chi connectivity index (χ3n) is 2.79. The highest BCUT2D eigenvalue weighted by molar-refractivity contribution is 6.01. The smallest absolute Gasteiger partial charge is 0.234 e. The number of amides is 1. The van der Waals surface area contributed by atoms with Gasteiger partial charge in [-0.25, -0.2) is 0 Å². The average molecular weight is 190 g/mol. The molecule has 2 aliphatic rings. The van der Waals surface area contributed by atoms with Crippen LogP contribution in [0.2, 0.25) is 0 Å². The summed E-state index contributed by atoms with van der Waals surface area (Å²) in [5.74, 6) is 0.668. The molecule has 3 nitrogen and oxygen atoms in total. The molecule has 2 rings (SSSR count). The van der Waals surface area contributed by atoms with Gasteiger partial charge >= 0.3 is 0 Å². The van der Waals surface area contributed by atoms with E-state index in [0.717, 1.165) is 0 Å². The number of amidine groups is 1. The van der Waals surface area contributed by atoms with Crippen LogP contribution in [0.5, 0.6) is 0 Å². The van der Waals surface area contributed by atoms with E-state index in [-0.39, 0.29) is 17.9 Å². The highest BCUT2D eigenvalue weighted by Gasteiger charge is 2.31. The normalized spacial score (nSPS) is 31.1. The highest BCUT2D eigenvalue weighted by Crippen LogP contribution is 2.26. The molecule has 2 unspecified atom stereocenters. The number of rotatable bonds is 0. The first-order valence-corrected chi connectivity index (χ1v) is 4.80. The van der Waals surface area contributed by atoms with Crippen molar-refractivity contribution in [3.63, 3.8) is 0 Å². The third kappa shape index (κ3) is 1.39. The predicted octanol–water partition coefficient (Wildman–Crippen LogP) is 1.43. The lowest BCUT2D eigenvalue weighted by Crippen LogP contribution is -2.44. The molecule has 0 spiro atoms. The number of hydrogen-bond acceptors (Lipinski definition) is 2. The molecule has 74 valence electrons. The number of nitrogens with zero attached hydrogens (tertiary/aromatic N) is 1. The van der Waals surface area contributed by atoms with Crippen molar-refractivity contribution in [2.75, 3.05) is 0 Å². The van der Waals surface area contributed by atoms with Crippen molar-refractivity contribution < 1.29 is 4.79 Å². The van der Waals surface area contributed by atoms with Crippen LogP contribution < -0.4 is 5.32 Å². The lowest BCUT2D eigenvalue weighted by Gasteiger charge is -2.28. The molecule has 0 fully saturated rings. The first kappa shape index (κ1) is 9.19. The van der Waals surface area contributed by atoms with Crippen LogP contribution in [0.1, 0.15) is 20.8 Å². The fourth-order valence-electron chi connectivity index (χ4n) is 1.86. The van der Waals surface area contributed by atoms with Gasteiger partial charge in [-0.2, -0.15) is 0 Å². The number of carbonyl (C=O) groups is 1. The van der Waals surface area contributed by atoms with Gasteiger partial charge in [0.25, 0.3) is 0 Å². The second kappa shape index (κ2) is 3.08. The van der Waals surface area contributed by atoms with Gasteiger partial charge in [-0.3, -0.25) is 9.79 Å². The Labute approximate surface area is 83.6 Å². The minimum Gasteiger partial charge on any atom is -0.314 e. The maximum atomic E-state index is 11.6. The van der Waals surface area contributed by atoms with Crippen LogP contribution in [0, 0.1) is 5.92 Å². The van der Waals surface area contributed by atoms with Crippen molar-refractivity contribution in [2.24, 2.45) is 10.9 Å². The number of aliphatic imine (C=N–C) groups is 1. The van der Waals surface area contributed by atoms with Gasteiger partial charge in [0.1, 0.15) is 5.84 Å². The zero-order valence-electron chi connectivity index (χ0n) is 8.66. The number of carbonyl (C=O) groups excluding carboxylic acids is 1. The topological polar surface area (TPSA) is 41.5 Å². The third-order valence-corrected chi connectivity index (χ3v) is 2.79. The monoisotopic (exact) mass is 190 g/mol. The van der Waals surface area contributed by atoms with E-state index < -0.39 is 0 Å². The van der Waals surface area contributed by atoms with Crippen LogP contribution >= 0.6 is 0 Å². The Morgan fingerprint density at radius 3 is 2.57 bits per heavy atom. The summed E-state index contributed by atoms with van der Waals surface area (Å²) in [5.41, 5.74) is 2.40. The van der Waals surface area contributed by atoms with E-state index in [4.69, 9.17) is 0 Å². The molecule has 0 saturated heterocycles. The summed E-state index contributed by atoms with van der Waals surface area (Å²) < 4.78 is 0. The molecule has 1 amide bonds. The number of nitrogens with one attached hydrogen (secondary N) is 1. The lowest BCUT2D eigenvalue weighted by atomic mass is 9.86. The highest BCUT2D eigenvalue weighted by atomic mass is 16.2. The molecule has 1 N–H and O–H groups in total. The number of fused-ring (bicyclic) bond motifs is 1. The molecule has 0 radical (unpaired) electrons. The van der Waals surface area contributed by atoms with E-state index in [2.05, 4.69) is 23.3 Å². The molecule has 0 aromatic rings. The van der Waals surface area contributed by atoms with Crippen molar-refractivity contribution in [3.8, 4) is 0 Å². The molecule has 1 heterocycles.